The lowest BCUT2D eigenvalue weighted by Crippen LogP contribution is -2.31. The fourth-order valence-electron chi connectivity index (χ4n) is 5.67. The molecule has 5 aromatic carbocycles. The number of hydrogen-bond donors (Lipinski definition) is 0. The van der Waals surface area contributed by atoms with Gasteiger partial charge in [0.05, 0.1) is 5.41 Å². The van der Waals surface area contributed by atoms with Crippen molar-refractivity contribution in [1.29, 1.82) is 0 Å². The van der Waals surface area contributed by atoms with Crippen LogP contribution in [0.15, 0.2) is 131 Å². The van der Waals surface area contributed by atoms with Crippen LogP contribution in [0.1, 0.15) is 22.3 Å². The lowest BCUT2D eigenvalue weighted by molar-refractivity contribution is 0.725. The van der Waals surface area contributed by atoms with Crippen molar-refractivity contribution >= 4 is 11.8 Å². The van der Waals surface area contributed by atoms with E-state index in [1.54, 1.807) is 0 Å². The van der Waals surface area contributed by atoms with Crippen LogP contribution in [-0.2, 0) is 5.41 Å². The second-order valence-corrected chi connectivity index (χ2v) is 9.60. The van der Waals surface area contributed by atoms with Crippen LogP contribution < -0.4 is 0 Å². The van der Waals surface area contributed by atoms with E-state index in [4.69, 9.17) is 0 Å². The molecule has 0 radical (unpaired) electrons. The van der Waals surface area contributed by atoms with Crippen LogP contribution in [0.2, 0.25) is 0 Å². The first-order valence-corrected chi connectivity index (χ1v) is 11.9. The summed E-state index contributed by atoms with van der Waals surface area (Å²) in [6.45, 7) is 0. The molecule has 7 rings (SSSR count). The van der Waals surface area contributed by atoms with Crippen LogP contribution in [0.4, 0.5) is 0 Å². The number of rotatable bonds is 2. The molecule has 2 aliphatic rings. The molecule has 0 spiro atoms. The molecule has 0 saturated heterocycles. The minimum atomic E-state index is -0.278. The highest BCUT2D eigenvalue weighted by atomic mass is 32.2. The summed E-state index contributed by atoms with van der Waals surface area (Å²) >= 11 is 1.90. The van der Waals surface area contributed by atoms with Crippen LogP contribution >= 0.6 is 11.8 Å². The van der Waals surface area contributed by atoms with Crippen molar-refractivity contribution in [1.82, 2.24) is 0 Å². The Bertz CT molecular complexity index is 1480. The molecule has 0 amide bonds. The van der Waals surface area contributed by atoms with Gasteiger partial charge < -0.3 is 0 Å². The zero-order valence-corrected chi connectivity index (χ0v) is 18.3. The Balaban J connectivity index is 1.56. The zero-order chi connectivity index (χ0) is 21.1. The predicted molar refractivity (Wildman–Crippen MR) is 133 cm³/mol. The smallest absolute Gasteiger partial charge is 0.0735 e. The molecule has 1 heteroatoms. The van der Waals surface area contributed by atoms with Crippen molar-refractivity contribution in [2.24, 2.45) is 0 Å². The van der Waals surface area contributed by atoms with E-state index < -0.39 is 0 Å². The SMILES string of the molecule is c1ccc(-c2ccc(C34c5ccccc5Sc5cccc(c53)-c3ccccc34)cc2)cc1. The lowest BCUT2D eigenvalue weighted by atomic mass is 9.67. The van der Waals surface area contributed by atoms with E-state index in [0.717, 1.165) is 0 Å². The van der Waals surface area contributed by atoms with Crippen molar-refractivity contribution in [3.63, 3.8) is 0 Å². The summed E-state index contributed by atoms with van der Waals surface area (Å²) in [5, 5.41) is 0. The highest BCUT2D eigenvalue weighted by Gasteiger charge is 2.50. The monoisotopic (exact) mass is 424 g/mol. The fraction of sp³-hybridized carbons (Fsp3) is 0.0323. The number of benzene rings is 5. The van der Waals surface area contributed by atoms with Gasteiger partial charge in [-0.05, 0) is 56.6 Å². The van der Waals surface area contributed by atoms with Crippen LogP contribution in [0, 0.1) is 0 Å². The first-order valence-electron chi connectivity index (χ1n) is 11.0. The number of fused-ring (bicyclic) bond motifs is 5. The average molecular weight is 425 g/mol. The Morgan fingerprint density at radius 2 is 1.06 bits per heavy atom. The molecule has 1 unspecified atom stereocenters. The maximum Gasteiger partial charge on any atom is 0.0735 e. The summed E-state index contributed by atoms with van der Waals surface area (Å²) in [4.78, 5) is 2.71. The van der Waals surface area contributed by atoms with Crippen molar-refractivity contribution in [2.45, 2.75) is 15.2 Å². The molecule has 5 aromatic rings. The van der Waals surface area contributed by atoms with E-state index in [2.05, 4.69) is 121 Å². The topological polar surface area (TPSA) is 0 Å². The summed E-state index contributed by atoms with van der Waals surface area (Å²) < 4.78 is 0. The van der Waals surface area contributed by atoms with Gasteiger partial charge in [0.2, 0.25) is 0 Å². The normalized spacial score (nSPS) is 17.4. The molecule has 32 heavy (non-hydrogen) atoms. The minimum Gasteiger partial charge on any atom is -0.0894 e. The van der Waals surface area contributed by atoms with Crippen molar-refractivity contribution in [3.05, 3.63) is 144 Å². The molecule has 1 atom stereocenters. The Labute approximate surface area is 192 Å². The van der Waals surface area contributed by atoms with E-state index >= 15 is 0 Å². The van der Waals surface area contributed by atoms with Gasteiger partial charge in [-0.25, -0.2) is 0 Å². The molecule has 0 nitrogen and oxygen atoms in total. The van der Waals surface area contributed by atoms with E-state index in [1.165, 1.54) is 54.3 Å². The molecular formula is C31H20S. The Morgan fingerprint density at radius 3 is 1.91 bits per heavy atom. The van der Waals surface area contributed by atoms with E-state index in [9.17, 15) is 0 Å². The third kappa shape index (κ3) is 2.29. The lowest BCUT2D eigenvalue weighted by Gasteiger charge is -2.39. The molecule has 1 aliphatic heterocycles. The van der Waals surface area contributed by atoms with Gasteiger partial charge in [-0.2, -0.15) is 0 Å². The summed E-state index contributed by atoms with van der Waals surface area (Å²) in [5.41, 5.74) is 10.5. The summed E-state index contributed by atoms with van der Waals surface area (Å²) in [6, 6.07) is 44.6. The first-order chi connectivity index (χ1) is 15.9. The summed E-state index contributed by atoms with van der Waals surface area (Å²) in [7, 11) is 0. The standard InChI is InChI=1S/C31H20S/c1-2-9-21(10-3-1)22-17-19-23(20-18-22)31-26-13-5-4-11-24(26)25-12-8-16-29(30(25)31)32-28-15-7-6-14-27(28)31/h1-20H. The van der Waals surface area contributed by atoms with Crippen LogP contribution in [0.3, 0.4) is 0 Å². The third-order valence-corrected chi connectivity index (χ3v) is 8.09. The average Bonchev–Trinajstić information content (AvgIpc) is 3.18. The van der Waals surface area contributed by atoms with Gasteiger partial charge in [-0.1, -0.05) is 121 Å². The van der Waals surface area contributed by atoms with Gasteiger partial charge in [-0.15, -0.1) is 0 Å². The largest absolute Gasteiger partial charge is 0.0894 e. The quantitative estimate of drug-likeness (QED) is 0.270. The minimum absolute atomic E-state index is 0.278. The maximum absolute atomic E-state index is 2.34. The molecule has 0 fully saturated rings. The Morgan fingerprint density at radius 1 is 0.438 bits per heavy atom. The van der Waals surface area contributed by atoms with Gasteiger partial charge in [-0.3, -0.25) is 0 Å². The van der Waals surface area contributed by atoms with Gasteiger partial charge >= 0.3 is 0 Å². The summed E-state index contributed by atoms with van der Waals surface area (Å²) in [5.74, 6) is 0. The molecule has 1 heterocycles. The molecule has 1 aliphatic carbocycles. The molecule has 0 saturated carbocycles. The second-order valence-electron chi connectivity index (χ2n) is 8.52. The van der Waals surface area contributed by atoms with Crippen molar-refractivity contribution in [3.8, 4) is 22.3 Å². The predicted octanol–water partition coefficient (Wildman–Crippen LogP) is 8.18. The van der Waals surface area contributed by atoms with Crippen molar-refractivity contribution in [2.75, 3.05) is 0 Å². The molecule has 0 aromatic heterocycles. The van der Waals surface area contributed by atoms with Gasteiger partial charge in [0.1, 0.15) is 0 Å². The third-order valence-electron chi connectivity index (χ3n) is 6.96. The molecule has 0 bridgehead atoms. The first kappa shape index (κ1) is 18.1. The molecule has 150 valence electrons. The van der Waals surface area contributed by atoms with Gasteiger partial charge in [0.25, 0.3) is 0 Å². The second kappa shape index (κ2) is 6.72. The van der Waals surface area contributed by atoms with E-state index in [-0.39, 0.29) is 5.41 Å². The summed E-state index contributed by atoms with van der Waals surface area (Å²) in [6.07, 6.45) is 0. The van der Waals surface area contributed by atoms with Crippen LogP contribution in [-0.4, -0.2) is 0 Å². The number of hydrogen-bond acceptors (Lipinski definition) is 1. The molecular weight excluding hydrogens is 404 g/mol. The van der Waals surface area contributed by atoms with Crippen LogP contribution in [0.5, 0.6) is 0 Å². The Kier molecular flexibility index (Phi) is 3.79. The highest BCUT2D eigenvalue weighted by Crippen LogP contribution is 2.63. The maximum atomic E-state index is 2.34. The van der Waals surface area contributed by atoms with Crippen LogP contribution in [0.25, 0.3) is 22.3 Å². The fourth-order valence-corrected chi connectivity index (χ4v) is 6.90. The van der Waals surface area contributed by atoms with E-state index in [1.807, 2.05) is 11.8 Å². The van der Waals surface area contributed by atoms with Gasteiger partial charge in [0, 0.05) is 9.79 Å². The Hall–Kier alpha value is -3.55. The molecule has 0 N–H and O–H groups in total. The highest BCUT2D eigenvalue weighted by molar-refractivity contribution is 7.99. The zero-order valence-electron chi connectivity index (χ0n) is 17.5. The van der Waals surface area contributed by atoms with Gasteiger partial charge in [0.15, 0.2) is 0 Å². The van der Waals surface area contributed by atoms with Crippen molar-refractivity contribution < 1.29 is 0 Å². The van der Waals surface area contributed by atoms with E-state index in [0.29, 0.717) is 0 Å².